The van der Waals surface area contributed by atoms with Crippen molar-refractivity contribution in [2.45, 2.75) is 6.92 Å². The quantitative estimate of drug-likeness (QED) is 0.697. The summed E-state index contributed by atoms with van der Waals surface area (Å²) in [4.78, 5) is 0. The first-order valence-corrected chi connectivity index (χ1v) is 6.24. The lowest BCUT2D eigenvalue weighted by molar-refractivity contribution is 0.354. The molecule has 0 saturated carbocycles. The molecule has 4 heteroatoms. The second-order valence-corrected chi connectivity index (χ2v) is 4.79. The smallest absolute Gasteiger partial charge is 0.161 e. The minimum atomic E-state index is -0.185. The standard InChI is InChI=1S/C16H14O4/c1-9-13-6-11(10-3-2-4-12(17)5-10)8-20-15(13)7-14(18)16(9)19/h2-7,17-19H,8H2,1H3. The topological polar surface area (TPSA) is 69.9 Å². The summed E-state index contributed by atoms with van der Waals surface area (Å²) < 4.78 is 5.63. The van der Waals surface area contributed by atoms with Gasteiger partial charge in [-0.05, 0) is 36.3 Å². The Morgan fingerprint density at radius 3 is 2.65 bits per heavy atom. The van der Waals surface area contributed by atoms with Crippen LogP contribution < -0.4 is 4.74 Å². The zero-order chi connectivity index (χ0) is 14.3. The Bertz CT molecular complexity index is 717. The maximum absolute atomic E-state index is 9.79. The number of benzene rings is 2. The minimum absolute atomic E-state index is 0.138. The Morgan fingerprint density at radius 2 is 1.90 bits per heavy atom. The molecule has 0 fully saturated rings. The van der Waals surface area contributed by atoms with E-state index in [1.54, 1.807) is 25.1 Å². The number of hydrogen-bond donors (Lipinski definition) is 3. The van der Waals surface area contributed by atoms with Gasteiger partial charge in [0, 0.05) is 17.2 Å². The Hall–Kier alpha value is -2.62. The highest BCUT2D eigenvalue weighted by atomic mass is 16.5. The summed E-state index contributed by atoms with van der Waals surface area (Å²) in [5, 5.41) is 28.9. The SMILES string of the molecule is Cc1c(O)c(O)cc2c1C=C(c1cccc(O)c1)CO2. The summed E-state index contributed by atoms with van der Waals surface area (Å²) in [5.74, 6) is 0.414. The van der Waals surface area contributed by atoms with E-state index in [1.165, 1.54) is 6.07 Å². The van der Waals surface area contributed by atoms with Crippen LogP contribution in [0.3, 0.4) is 0 Å². The van der Waals surface area contributed by atoms with Crippen molar-refractivity contribution in [2.24, 2.45) is 0 Å². The molecule has 1 aliphatic rings. The Morgan fingerprint density at radius 1 is 1.10 bits per heavy atom. The molecule has 2 aromatic rings. The van der Waals surface area contributed by atoms with Crippen LogP contribution in [0.2, 0.25) is 0 Å². The fourth-order valence-corrected chi connectivity index (χ4v) is 2.32. The van der Waals surface area contributed by atoms with E-state index in [1.807, 2.05) is 12.1 Å². The van der Waals surface area contributed by atoms with Gasteiger partial charge in [0.05, 0.1) is 0 Å². The summed E-state index contributed by atoms with van der Waals surface area (Å²) >= 11 is 0. The molecule has 3 rings (SSSR count). The molecule has 0 bridgehead atoms. The normalized spacial score (nSPS) is 13.3. The summed E-state index contributed by atoms with van der Waals surface area (Å²) in [6.45, 7) is 2.07. The van der Waals surface area contributed by atoms with E-state index < -0.39 is 0 Å². The van der Waals surface area contributed by atoms with Crippen molar-refractivity contribution in [3.05, 3.63) is 47.0 Å². The number of phenols is 3. The molecule has 2 aromatic carbocycles. The van der Waals surface area contributed by atoms with Crippen LogP contribution in [0.1, 0.15) is 16.7 Å². The maximum atomic E-state index is 9.79. The average molecular weight is 270 g/mol. The molecule has 1 aliphatic heterocycles. The molecule has 0 aromatic heterocycles. The van der Waals surface area contributed by atoms with Gasteiger partial charge in [0.25, 0.3) is 0 Å². The Kier molecular flexibility index (Phi) is 2.79. The van der Waals surface area contributed by atoms with Crippen LogP contribution in [0.15, 0.2) is 30.3 Å². The van der Waals surface area contributed by atoms with Crippen molar-refractivity contribution in [1.29, 1.82) is 0 Å². The van der Waals surface area contributed by atoms with E-state index in [4.69, 9.17) is 4.74 Å². The van der Waals surface area contributed by atoms with Gasteiger partial charge in [-0.25, -0.2) is 0 Å². The summed E-state index contributed by atoms with van der Waals surface area (Å²) in [6, 6.07) is 8.33. The summed E-state index contributed by atoms with van der Waals surface area (Å²) in [6.07, 6.45) is 1.90. The van der Waals surface area contributed by atoms with Crippen molar-refractivity contribution in [1.82, 2.24) is 0 Å². The number of rotatable bonds is 1. The van der Waals surface area contributed by atoms with Crippen molar-refractivity contribution in [2.75, 3.05) is 6.61 Å². The van der Waals surface area contributed by atoms with Crippen molar-refractivity contribution >= 4 is 11.6 Å². The van der Waals surface area contributed by atoms with Gasteiger partial charge in [-0.1, -0.05) is 12.1 Å². The molecule has 4 nitrogen and oxygen atoms in total. The Labute approximate surface area is 116 Å². The van der Waals surface area contributed by atoms with Gasteiger partial charge in [0.1, 0.15) is 18.1 Å². The van der Waals surface area contributed by atoms with Crippen LogP contribution in [-0.4, -0.2) is 21.9 Å². The molecule has 0 saturated heterocycles. The number of aromatic hydroxyl groups is 3. The van der Waals surface area contributed by atoms with Gasteiger partial charge in [-0.3, -0.25) is 0 Å². The zero-order valence-electron chi connectivity index (χ0n) is 10.9. The third kappa shape index (κ3) is 1.95. The second kappa shape index (κ2) is 4.49. The molecule has 3 N–H and O–H groups in total. The monoisotopic (exact) mass is 270 g/mol. The van der Waals surface area contributed by atoms with Gasteiger partial charge < -0.3 is 20.1 Å². The molecule has 1 heterocycles. The molecule has 20 heavy (non-hydrogen) atoms. The lowest BCUT2D eigenvalue weighted by Gasteiger charge is -2.21. The molecule has 0 unspecified atom stereocenters. The second-order valence-electron chi connectivity index (χ2n) is 4.79. The zero-order valence-corrected chi connectivity index (χ0v) is 10.9. The predicted molar refractivity (Wildman–Crippen MR) is 76.0 cm³/mol. The number of fused-ring (bicyclic) bond motifs is 1. The number of ether oxygens (including phenoxy) is 1. The Balaban J connectivity index is 2.13. The molecular weight excluding hydrogens is 256 g/mol. The molecule has 102 valence electrons. The number of hydrogen-bond acceptors (Lipinski definition) is 4. The van der Waals surface area contributed by atoms with Gasteiger partial charge in [0.15, 0.2) is 11.5 Å². The maximum Gasteiger partial charge on any atom is 0.161 e. The summed E-state index contributed by atoms with van der Waals surface area (Å²) in [7, 11) is 0. The molecule has 0 aliphatic carbocycles. The van der Waals surface area contributed by atoms with Crippen molar-refractivity contribution < 1.29 is 20.1 Å². The van der Waals surface area contributed by atoms with Crippen LogP contribution >= 0.6 is 0 Å². The molecule has 0 spiro atoms. The van der Waals surface area contributed by atoms with E-state index in [9.17, 15) is 15.3 Å². The van der Waals surface area contributed by atoms with E-state index in [0.29, 0.717) is 17.9 Å². The molecular formula is C16H14O4. The highest BCUT2D eigenvalue weighted by molar-refractivity contribution is 5.87. The third-order valence-electron chi connectivity index (χ3n) is 3.45. The lowest BCUT2D eigenvalue weighted by Crippen LogP contribution is -2.07. The average Bonchev–Trinajstić information content (AvgIpc) is 2.45. The number of phenolic OH excluding ortho intramolecular Hbond substituents is 3. The van der Waals surface area contributed by atoms with Crippen LogP contribution in [0.4, 0.5) is 0 Å². The first kappa shape index (κ1) is 12.4. The molecule has 0 radical (unpaired) electrons. The first-order chi connectivity index (χ1) is 9.56. The first-order valence-electron chi connectivity index (χ1n) is 6.24. The van der Waals surface area contributed by atoms with Gasteiger partial charge in [-0.2, -0.15) is 0 Å². The van der Waals surface area contributed by atoms with Crippen LogP contribution in [0.5, 0.6) is 23.0 Å². The fourth-order valence-electron chi connectivity index (χ4n) is 2.32. The van der Waals surface area contributed by atoms with Gasteiger partial charge in [0.2, 0.25) is 0 Å². The van der Waals surface area contributed by atoms with E-state index in [-0.39, 0.29) is 17.2 Å². The van der Waals surface area contributed by atoms with Crippen LogP contribution in [0, 0.1) is 6.92 Å². The fraction of sp³-hybridized carbons (Fsp3) is 0.125. The van der Waals surface area contributed by atoms with E-state index in [0.717, 1.165) is 16.7 Å². The van der Waals surface area contributed by atoms with Crippen LogP contribution in [0.25, 0.3) is 11.6 Å². The predicted octanol–water partition coefficient (Wildman–Crippen LogP) is 3.04. The minimum Gasteiger partial charge on any atom is -0.508 e. The van der Waals surface area contributed by atoms with Crippen molar-refractivity contribution in [3.8, 4) is 23.0 Å². The largest absolute Gasteiger partial charge is 0.508 e. The van der Waals surface area contributed by atoms with E-state index >= 15 is 0 Å². The molecule has 0 atom stereocenters. The van der Waals surface area contributed by atoms with Gasteiger partial charge in [-0.15, -0.1) is 0 Å². The molecule has 0 amide bonds. The van der Waals surface area contributed by atoms with Crippen molar-refractivity contribution in [3.63, 3.8) is 0 Å². The highest BCUT2D eigenvalue weighted by Gasteiger charge is 2.19. The highest BCUT2D eigenvalue weighted by Crippen LogP contribution is 2.41. The lowest BCUT2D eigenvalue weighted by atomic mass is 9.97. The summed E-state index contributed by atoms with van der Waals surface area (Å²) in [5.41, 5.74) is 3.08. The third-order valence-corrected chi connectivity index (χ3v) is 3.45. The van der Waals surface area contributed by atoms with Gasteiger partial charge >= 0.3 is 0 Å². The van der Waals surface area contributed by atoms with Crippen LogP contribution in [-0.2, 0) is 0 Å². The van der Waals surface area contributed by atoms with E-state index in [2.05, 4.69) is 0 Å².